The van der Waals surface area contributed by atoms with Gasteiger partial charge in [0, 0.05) is 4.88 Å². The lowest BCUT2D eigenvalue weighted by atomic mass is 9.92. The fourth-order valence-corrected chi connectivity index (χ4v) is 5.32. The SMILES string of the molecule is O=C(CN1C(=O)N[C@]2(CCc3ccccc32)C1=O)N[C@@H](c1ccc(F)cc1)c1cccs1. The van der Waals surface area contributed by atoms with E-state index in [0.717, 1.165) is 20.9 Å². The minimum Gasteiger partial charge on any atom is -0.343 e. The van der Waals surface area contributed by atoms with Crippen LogP contribution in [0.3, 0.4) is 0 Å². The third-order valence-corrected chi connectivity index (χ3v) is 7.00. The van der Waals surface area contributed by atoms with Gasteiger partial charge in [-0.15, -0.1) is 11.3 Å². The lowest BCUT2D eigenvalue weighted by Gasteiger charge is -2.23. The van der Waals surface area contributed by atoms with Gasteiger partial charge in [-0.25, -0.2) is 9.18 Å². The van der Waals surface area contributed by atoms with E-state index < -0.39 is 36.0 Å². The number of fused-ring (bicyclic) bond motifs is 2. The van der Waals surface area contributed by atoms with Gasteiger partial charge in [-0.3, -0.25) is 14.5 Å². The van der Waals surface area contributed by atoms with E-state index in [1.54, 1.807) is 12.1 Å². The fourth-order valence-electron chi connectivity index (χ4n) is 4.51. The lowest BCUT2D eigenvalue weighted by molar-refractivity contribution is -0.135. The Morgan fingerprint density at radius 1 is 1.12 bits per heavy atom. The summed E-state index contributed by atoms with van der Waals surface area (Å²) < 4.78 is 13.4. The number of carbonyl (C=O) groups is 3. The van der Waals surface area contributed by atoms with Gasteiger partial charge in [0.25, 0.3) is 5.91 Å². The first-order chi connectivity index (χ1) is 15.5. The third kappa shape index (κ3) is 3.36. The van der Waals surface area contributed by atoms with Gasteiger partial charge in [0.05, 0.1) is 6.04 Å². The highest BCUT2D eigenvalue weighted by Gasteiger charge is 2.55. The van der Waals surface area contributed by atoms with E-state index in [1.165, 1.54) is 23.5 Å². The molecule has 2 aromatic carbocycles. The predicted molar refractivity (Wildman–Crippen MR) is 117 cm³/mol. The maximum atomic E-state index is 13.4. The summed E-state index contributed by atoms with van der Waals surface area (Å²) in [6, 6.07) is 16.1. The van der Waals surface area contributed by atoms with Crippen molar-refractivity contribution in [2.24, 2.45) is 0 Å². The minimum absolute atomic E-state index is 0.369. The fraction of sp³-hybridized carbons (Fsp3) is 0.208. The van der Waals surface area contributed by atoms with Crippen LogP contribution < -0.4 is 10.6 Å². The summed E-state index contributed by atoms with van der Waals surface area (Å²) in [5, 5.41) is 7.61. The van der Waals surface area contributed by atoms with E-state index in [1.807, 2.05) is 41.8 Å². The van der Waals surface area contributed by atoms with Crippen molar-refractivity contribution < 1.29 is 18.8 Å². The van der Waals surface area contributed by atoms with Crippen LogP contribution in [0.25, 0.3) is 0 Å². The first-order valence-electron chi connectivity index (χ1n) is 10.3. The number of urea groups is 1. The number of nitrogens with zero attached hydrogens (tertiary/aromatic N) is 1. The second kappa shape index (κ2) is 7.87. The number of thiophene rings is 1. The van der Waals surface area contributed by atoms with Crippen molar-refractivity contribution in [2.75, 3.05) is 6.54 Å². The molecular weight excluding hydrogens is 429 g/mol. The quantitative estimate of drug-likeness (QED) is 0.586. The van der Waals surface area contributed by atoms with Gasteiger partial charge in [0.2, 0.25) is 5.91 Å². The highest BCUT2D eigenvalue weighted by atomic mass is 32.1. The monoisotopic (exact) mass is 449 g/mol. The maximum Gasteiger partial charge on any atom is 0.325 e. The van der Waals surface area contributed by atoms with Crippen LogP contribution in [0.1, 0.15) is 34.0 Å². The topological polar surface area (TPSA) is 78.5 Å². The summed E-state index contributed by atoms with van der Waals surface area (Å²) in [7, 11) is 0. The number of imide groups is 1. The Labute approximate surface area is 188 Å². The second-order valence-electron chi connectivity index (χ2n) is 7.95. The molecule has 2 N–H and O–H groups in total. The Morgan fingerprint density at radius 2 is 1.91 bits per heavy atom. The molecule has 3 aromatic rings. The van der Waals surface area contributed by atoms with Gasteiger partial charge in [0.1, 0.15) is 17.9 Å². The number of carbonyl (C=O) groups excluding carboxylic acids is 3. The van der Waals surface area contributed by atoms with Gasteiger partial charge in [0.15, 0.2) is 0 Å². The molecule has 0 saturated carbocycles. The van der Waals surface area contributed by atoms with Crippen LogP contribution in [-0.4, -0.2) is 29.3 Å². The highest BCUT2D eigenvalue weighted by molar-refractivity contribution is 7.10. The summed E-state index contributed by atoms with van der Waals surface area (Å²) in [6.45, 7) is -0.391. The van der Waals surface area contributed by atoms with E-state index in [9.17, 15) is 18.8 Å². The molecule has 1 aliphatic heterocycles. The Kier molecular flexibility index (Phi) is 5.01. The molecule has 2 atom stereocenters. The van der Waals surface area contributed by atoms with Crippen molar-refractivity contribution >= 4 is 29.2 Å². The standard InChI is InChI=1S/C24H20FN3O3S/c25-17-9-7-16(8-10-17)21(19-6-3-13-32-19)26-20(29)14-28-22(30)24(27-23(28)31)12-11-15-4-1-2-5-18(15)24/h1-10,13,21H,11-12,14H2,(H,26,29)(H,27,31)/t21-,24-/m0/s1. The zero-order valence-electron chi connectivity index (χ0n) is 17.0. The van der Waals surface area contributed by atoms with Crippen LogP contribution in [0.4, 0.5) is 9.18 Å². The van der Waals surface area contributed by atoms with E-state index in [4.69, 9.17) is 0 Å². The number of benzene rings is 2. The summed E-state index contributed by atoms with van der Waals surface area (Å²) in [5.74, 6) is -1.25. The van der Waals surface area contributed by atoms with Crippen LogP contribution in [0.2, 0.25) is 0 Å². The molecule has 4 amide bonds. The number of halogens is 1. The van der Waals surface area contributed by atoms with E-state index in [2.05, 4.69) is 10.6 Å². The molecule has 0 radical (unpaired) electrons. The van der Waals surface area contributed by atoms with Crippen molar-refractivity contribution in [2.45, 2.75) is 24.4 Å². The summed E-state index contributed by atoms with van der Waals surface area (Å²) >= 11 is 1.46. The van der Waals surface area contributed by atoms with E-state index >= 15 is 0 Å². The second-order valence-corrected chi connectivity index (χ2v) is 8.93. The van der Waals surface area contributed by atoms with Crippen LogP contribution in [0, 0.1) is 5.82 Å². The normalized spacial score (nSPS) is 20.3. The Balaban J connectivity index is 1.36. The van der Waals surface area contributed by atoms with Crippen molar-refractivity contribution in [1.29, 1.82) is 0 Å². The molecule has 1 aromatic heterocycles. The number of aryl methyl sites for hydroxylation is 1. The molecule has 1 saturated heterocycles. The average molecular weight is 450 g/mol. The van der Waals surface area contributed by atoms with Gasteiger partial charge in [-0.2, -0.15) is 0 Å². The zero-order chi connectivity index (χ0) is 22.3. The zero-order valence-corrected chi connectivity index (χ0v) is 17.8. The smallest absolute Gasteiger partial charge is 0.325 e. The number of nitrogens with one attached hydrogen (secondary N) is 2. The number of rotatable bonds is 5. The van der Waals surface area contributed by atoms with Crippen LogP contribution in [-0.2, 0) is 21.5 Å². The predicted octanol–water partition coefficient (Wildman–Crippen LogP) is 3.49. The van der Waals surface area contributed by atoms with Crippen LogP contribution >= 0.6 is 11.3 Å². The summed E-state index contributed by atoms with van der Waals surface area (Å²) in [6.07, 6.45) is 1.16. The maximum absolute atomic E-state index is 13.4. The van der Waals surface area contributed by atoms with Gasteiger partial charge < -0.3 is 10.6 Å². The Morgan fingerprint density at radius 3 is 2.66 bits per heavy atom. The molecule has 6 nitrogen and oxygen atoms in total. The third-order valence-electron chi connectivity index (χ3n) is 6.06. The summed E-state index contributed by atoms with van der Waals surface area (Å²) in [5.41, 5.74) is 1.43. The molecule has 1 fully saturated rings. The van der Waals surface area contributed by atoms with Crippen molar-refractivity contribution in [3.05, 3.63) is 93.4 Å². The van der Waals surface area contributed by atoms with Crippen molar-refractivity contribution in [3.8, 4) is 0 Å². The molecular formula is C24H20FN3O3S. The average Bonchev–Trinajstić information content (AvgIpc) is 3.50. The molecule has 1 aliphatic carbocycles. The molecule has 2 aliphatic rings. The molecule has 1 spiro atoms. The molecule has 162 valence electrons. The number of amides is 4. The van der Waals surface area contributed by atoms with Crippen molar-refractivity contribution in [3.63, 3.8) is 0 Å². The number of hydrogen-bond acceptors (Lipinski definition) is 4. The summed E-state index contributed by atoms with van der Waals surface area (Å²) in [4.78, 5) is 40.7. The van der Waals surface area contributed by atoms with E-state index in [0.29, 0.717) is 18.4 Å². The van der Waals surface area contributed by atoms with Gasteiger partial charge >= 0.3 is 6.03 Å². The first-order valence-corrected chi connectivity index (χ1v) is 11.2. The number of hydrogen-bond donors (Lipinski definition) is 2. The lowest BCUT2D eigenvalue weighted by Crippen LogP contribution is -2.44. The van der Waals surface area contributed by atoms with Crippen molar-refractivity contribution in [1.82, 2.24) is 15.5 Å². The van der Waals surface area contributed by atoms with E-state index in [-0.39, 0.29) is 5.82 Å². The van der Waals surface area contributed by atoms with Gasteiger partial charge in [-0.05, 0) is 53.1 Å². The van der Waals surface area contributed by atoms with Crippen LogP contribution in [0.15, 0.2) is 66.0 Å². The minimum atomic E-state index is -1.10. The molecule has 0 unspecified atom stereocenters. The van der Waals surface area contributed by atoms with Gasteiger partial charge in [-0.1, -0.05) is 42.5 Å². The molecule has 2 heterocycles. The largest absolute Gasteiger partial charge is 0.343 e. The molecule has 5 rings (SSSR count). The van der Waals surface area contributed by atoms with Crippen LogP contribution in [0.5, 0.6) is 0 Å². The molecule has 8 heteroatoms. The molecule has 32 heavy (non-hydrogen) atoms. The Hall–Kier alpha value is -3.52. The first kappa shape index (κ1) is 20.4. The highest BCUT2D eigenvalue weighted by Crippen LogP contribution is 2.41. The Bertz CT molecular complexity index is 1200. The molecule has 0 bridgehead atoms.